The van der Waals surface area contributed by atoms with Crippen LogP contribution in [0.1, 0.15) is 124 Å². The quantitative estimate of drug-likeness (QED) is 0.0731. The Balaban J connectivity index is 0. The molecule has 0 amide bonds. The Morgan fingerprint density at radius 2 is 1.03 bits per heavy atom. The minimum Gasteiger partial charge on any atom is -0.508 e. The monoisotopic (exact) mass is 836 g/mol. The van der Waals surface area contributed by atoms with Gasteiger partial charge in [0.05, 0.1) is 27.8 Å². The fourth-order valence-electron chi connectivity index (χ4n) is 5.95. The molecule has 7 nitrogen and oxygen atoms in total. The Kier molecular flexibility index (Phi) is 23.5. The minimum atomic E-state index is -0.515. The topological polar surface area (TPSA) is 124 Å². The van der Waals surface area contributed by atoms with Crippen LogP contribution in [0.3, 0.4) is 0 Å². The fourth-order valence-corrected chi connectivity index (χ4v) is 6.52. The molecule has 0 heterocycles. The molecule has 1 saturated carbocycles. The number of aldehydes is 1. The van der Waals surface area contributed by atoms with E-state index in [4.69, 9.17) is 48.4 Å². The first-order valence-corrected chi connectivity index (χ1v) is 18.4. The van der Waals surface area contributed by atoms with Crippen LogP contribution in [0.15, 0.2) is 97.1 Å². The third-order valence-electron chi connectivity index (χ3n) is 9.31. The summed E-state index contributed by atoms with van der Waals surface area (Å²) in [5.74, 6) is 0.412. The van der Waals surface area contributed by atoms with Crippen molar-refractivity contribution in [3.05, 3.63) is 152 Å². The van der Waals surface area contributed by atoms with Crippen LogP contribution in [-0.4, -0.2) is 39.3 Å². The highest BCUT2D eigenvalue weighted by molar-refractivity contribution is 6.39. The zero-order valence-electron chi connectivity index (χ0n) is 31.9. The molecule has 5 aromatic rings. The van der Waals surface area contributed by atoms with E-state index in [1.54, 1.807) is 58.9 Å². The van der Waals surface area contributed by atoms with Gasteiger partial charge in [0.15, 0.2) is 6.29 Å². The van der Waals surface area contributed by atoms with Crippen LogP contribution in [0.4, 0.5) is 0 Å². The van der Waals surface area contributed by atoms with Crippen molar-refractivity contribution in [1.82, 2.24) is 0 Å². The van der Waals surface area contributed by atoms with Crippen LogP contribution >= 0.6 is 23.2 Å². The normalized spacial score (nSPS) is 11.5. The molecule has 6 rings (SSSR count). The zero-order valence-corrected chi connectivity index (χ0v) is 33.4. The lowest BCUT2D eigenvalue weighted by Gasteiger charge is -2.31. The molecule has 0 aromatic heterocycles. The number of rotatable bonds is 7. The highest BCUT2D eigenvalue weighted by Crippen LogP contribution is 2.55. The lowest BCUT2D eigenvalue weighted by Crippen LogP contribution is -2.24. The molecule has 0 spiro atoms. The molecule has 0 aliphatic heterocycles. The first kappa shape index (κ1) is 55.1. The smallest absolute Gasteiger partial charge is 0.338 e. The summed E-state index contributed by atoms with van der Waals surface area (Å²) in [6, 6.07) is 30.9. The molecule has 0 unspecified atom stereocenters. The van der Waals surface area contributed by atoms with Crippen LogP contribution < -0.4 is 0 Å². The number of ether oxygens (including phenoxy) is 1. The predicted octanol–water partition coefficient (Wildman–Crippen LogP) is 14.0. The maximum Gasteiger partial charge on any atom is 0.338 e. The molecular weight excluding hydrogens is 771 g/mol. The number of phenols is 4. The highest BCUT2D eigenvalue weighted by Gasteiger charge is 2.47. The van der Waals surface area contributed by atoms with Gasteiger partial charge in [-0.1, -0.05) is 127 Å². The van der Waals surface area contributed by atoms with Crippen molar-refractivity contribution in [2.45, 2.75) is 108 Å². The number of aromatic hydroxyl groups is 4. The molecule has 9 heteroatoms. The Labute approximate surface area is 358 Å². The molecule has 1 fully saturated rings. The van der Waals surface area contributed by atoms with Gasteiger partial charge in [-0.3, -0.25) is 4.79 Å². The number of phenolic OH excluding ortho intramolecular Hbond substituents is 4. The molecule has 58 heavy (non-hydrogen) atoms. The zero-order chi connectivity index (χ0) is 40.2. The second-order valence-corrected chi connectivity index (χ2v) is 14.9. The highest BCUT2D eigenvalue weighted by atomic mass is 35.5. The average Bonchev–Trinajstić information content (AvgIpc) is 3.91. The van der Waals surface area contributed by atoms with Gasteiger partial charge < -0.3 is 25.2 Å². The number of aryl methyl sites for hydroxylation is 4. The molecule has 1 aliphatic rings. The summed E-state index contributed by atoms with van der Waals surface area (Å²) >= 11 is 11.5. The van der Waals surface area contributed by atoms with Gasteiger partial charge in [0.2, 0.25) is 0 Å². The van der Waals surface area contributed by atoms with Crippen molar-refractivity contribution in [2.75, 3.05) is 6.61 Å². The van der Waals surface area contributed by atoms with Gasteiger partial charge in [-0.2, -0.15) is 0 Å². The van der Waals surface area contributed by atoms with E-state index in [2.05, 4.69) is 74.5 Å². The summed E-state index contributed by atoms with van der Waals surface area (Å²) in [5.41, 5.74) is 6.85. The Morgan fingerprint density at radius 3 is 1.36 bits per heavy atom. The van der Waals surface area contributed by atoms with E-state index in [0.29, 0.717) is 34.0 Å². The third-order valence-corrected chi connectivity index (χ3v) is 9.94. The van der Waals surface area contributed by atoms with Gasteiger partial charge in [-0.05, 0) is 134 Å². The van der Waals surface area contributed by atoms with Crippen molar-refractivity contribution in [3.63, 3.8) is 0 Å². The van der Waals surface area contributed by atoms with E-state index in [1.807, 2.05) is 0 Å². The lowest BCUT2D eigenvalue weighted by molar-refractivity contribution is 0.0526. The predicted molar refractivity (Wildman–Crippen MR) is 245 cm³/mol. The van der Waals surface area contributed by atoms with E-state index in [9.17, 15) is 9.59 Å². The minimum absolute atomic E-state index is 0. The van der Waals surface area contributed by atoms with E-state index in [1.165, 1.54) is 42.5 Å². The standard InChI is InChI=1S/C19H22.C10H8Cl2O3.2C8H10O2.4CH4/c1-18(2,16-9-5-3-6-10-16)15-19(13-14-19)17-11-7-4-8-12-17;1-2-15-10(14)6-3-8(11)7(5-13)9(12)4-6;2*1-5-3-8(10)6(2)4-7(5)9;;;;/h3-12H,13-15H2,1-2H3;3-5H,2H2,1H3;2*3-4,9-10H,1-2H3;4*1H4. The van der Waals surface area contributed by atoms with Gasteiger partial charge in [-0.15, -0.1) is 0 Å². The number of hydrogen-bond donors (Lipinski definition) is 4. The van der Waals surface area contributed by atoms with Crippen molar-refractivity contribution in [3.8, 4) is 23.0 Å². The van der Waals surface area contributed by atoms with E-state index in [-0.39, 0.29) is 85.9 Å². The second kappa shape index (κ2) is 24.7. The molecular formula is C49H66Cl2O7. The molecule has 0 atom stereocenters. The number of carbonyl (C=O) groups is 2. The average molecular weight is 838 g/mol. The van der Waals surface area contributed by atoms with Gasteiger partial charge in [0.25, 0.3) is 0 Å². The van der Waals surface area contributed by atoms with E-state index < -0.39 is 5.97 Å². The summed E-state index contributed by atoms with van der Waals surface area (Å²) in [6.45, 7) is 13.7. The van der Waals surface area contributed by atoms with Gasteiger partial charge >= 0.3 is 5.97 Å². The first-order chi connectivity index (χ1) is 25.4. The fraction of sp³-hybridized carbons (Fsp3) is 0.347. The number of carbonyl (C=O) groups excluding carboxylic acids is 2. The van der Waals surface area contributed by atoms with E-state index >= 15 is 0 Å². The number of hydrogen-bond acceptors (Lipinski definition) is 7. The summed E-state index contributed by atoms with van der Waals surface area (Å²) in [4.78, 5) is 21.9. The number of benzene rings is 5. The molecule has 1 aliphatic carbocycles. The molecule has 4 N–H and O–H groups in total. The van der Waals surface area contributed by atoms with Crippen molar-refractivity contribution < 1.29 is 34.8 Å². The van der Waals surface area contributed by atoms with Crippen LogP contribution in [-0.2, 0) is 15.6 Å². The van der Waals surface area contributed by atoms with Gasteiger partial charge in [0.1, 0.15) is 23.0 Å². The Bertz CT molecular complexity index is 1800. The first-order valence-electron chi connectivity index (χ1n) is 17.7. The molecule has 0 bridgehead atoms. The molecule has 0 radical (unpaired) electrons. The van der Waals surface area contributed by atoms with Crippen molar-refractivity contribution in [2.24, 2.45) is 0 Å². The molecule has 5 aromatic carbocycles. The lowest BCUT2D eigenvalue weighted by atomic mass is 9.73. The second-order valence-electron chi connectivity index (χ2n) is 14.1. The Morgan fingerprint density at radius 1 is 0.672 bits per heavy atom. The Hall–Kier alpha value is -4.98. The summed E-state index contributed by atoms with van der Waals surface area (Å²) in [7, 11) is 0. The number of esters is 1. The van der Waals surface area contributed by atoms with Crippen molar-refractivity contribution in [1.29, 1.82) is 0 Å². The molecule has 0 saturated heterocycles. The maximum absolute atomic E-state index is 11.3. The summed E-state index contributed by atoms with van der Waals surface area (Å²) in [5, 5.41) is 36.7. The van der Waals surface area contributed by atoms with Crippen molar-refractivity contribution >= 4 is 35.5 Å². The summed E-state index contributed by atoms with van der Waals surface area (Å²) in [6.07, 6.45) is 4.47. The van der Waals surface area contributed by atoms with Crippen LogP contribution in [0.5, 0.6) is 23.0 Å². The maximum atomic E-state index is 11.3. The van der Waals surface area contributed by atoms with Gasteiger partial charge in [-0.25, -0.2) is 4.79 Å². The molecule has 318 valence electrons. The summed E-state index contributed by atoms with van der Waals surface area (Å²) < 4.78 is 4.77. The van der Waals surface area contributed by atoms with Crippen LogP contribution in [0.25, 0.3) is 0 Å². The third kappa shape index (κ3) is 15.4. The van der Waals surface area contributed by atoms with Crippen LogP contribution in [0, 0.1) is 27.7 Å². The van der Waals surface area contributed by atoms with E-state index in [0.717, 1.165) is 0 Å². The van der Waals surface area contributed by atoms with Gasteiger partial charge in [0, 0.05) is 0 Å². The largest absolute Gasteiger partial charge is 0.508 e. The number of halogens is 2. The SMILES string of the molecule is C.C.C.C.CC(C)(CC1(c2ccccc2)CC1)c1ccccc1.CCOC(=O)c1cc(Cl)c(C=O)c(Cl)c1.Cc1cc(O)c(C)cc1O.Cc1cc(O)c(C)cc1O. The van der Waals surface area contributed by atoms with Crippen LogP contribution in [0.2, 0.25) is 10.0 Å².